The van der Waals surface area contributed by atoms with Crippen molar-refractivity contribution in [1.29, 1.82) is 0 Å². The Morgan fingerprint density at radius 2 is 1.81 bits per heavy atom. The minimum Gasteiger partial charge on any atom is -0.337 e. The SMILES string of the molecule is Cc1nn(Cc2ccc(C(=O)N(C)Cc3cnn(C)c3C)cc2)c(C)c1Br. The van der Waals surface area contributed by atoms with Crippen molar-refractivity contribution in [3.8, 4) is 0 Å². The predicted octanol–water partition coefficient (Wildman–Crippen LogP) is 3.62. The van der Waals surface area contributed by atoms with Gasteiger partial charge in [0.1, 0.15) is 0 Å². The van der Waals surface area contributed by atoms with E-state index in [0.717, 1.165) is 32.7 Å². The molecule has 1 amide bonds. The zero-order valence-corrected chi connectivity index (χ0v) is 17.9. The first-order valence-corrected chi connectivity index (χ1v) is 9.58. The summed E-state index contributed by atoms with van der Waals surface area (Å²) in [5, 5.41) is 8.77. The van der Waals surface area contributed by atoms with Crippen molar-refractivity contribution in [2.24, 2.45) is 7.05 Å². The first kappa shape index (κ1) is 19.4. The van der Waals surface area contributed by atoms with Crippen molar-refractivity contribution in [3.05, 3.63) is 68.7 Å². The first-order valence-electron chi connectivity index (χ1n) is 8.79. The molecule has 0 unspecified atom stereocenters. The Labute approximate surface area is 167 Å². The maximum Gasteiger partial charge on any atom is 0.253 e. The van der Waals surface area contributed by atoms with Gasteiger partial charge in [-0.1, -0.05) is 12.1 Å². The van der Waals surface area contributed by atoms with Crippen LogP contribution < -0.4 is 0 Å². The quantitative estimate of drug-likeness (QED) is 0.621. The maximum absolute atomic E-state index is 12.7. The summed E-state index contributed by atoms with van der Waals surface area (Å²) in [6.45, 7) is 7.25. The van der Waals surface area contributed by atoms with Crippen LogP contribution >= 0.6 is 15.9 Å². The smallest absolute Gasteiger partial charge is 0.253 e. The van der Waals surface area contributed by atoms with E-state index in [0.29, 0.717) is 18.7 Å². The van der Waals surface area contributed by atoms with Crippen LogP contribution in [0.25, 0.3) is 0 Å². The summed E-state index contributed by atoms with van der Waals surface area (Å²) in [5.74, 6) is -0.00124. The monoisotopic (exact) mass is 429 g/mol. The van der Waals surface area contributed by atoms with Gasteiger partial charge in [-0.05, 0) is 54.4 Å². The third-order valence-electron chi connectivity index (χ3n) is 4.92. The molecule has 0 aliphatic heterocycles. The Bertz CT molecular complexity index is 971. The molecule has 0 N–H and O–H groups in total. The molecule has 1 aromatic carbocycles. The van der Waals surface area contributed by atoms with Crippen LogP contribution in [-0.4, -0.2) is 37.4 Å². The summed E-state index contributed by atoms with van der Waals surface area (Å²) >= 11 is 3.55. The zero-order valence-electron chi connectivity index (χ0n) is 16.3. The lowest BCUT2D eigenvalue weighted by molar-refractivity contribution is 0.0785. The number of aryl methyl sites for hydroxylation is 2. The van der Waals surface area contributed by atoms with Crippen molar-refractivity contribution in [1.82, 2.24) is 24.5 Å². The molecule has 2 aromatic heterocycles. The van der Waals surface area contributed by atoms with Crippen molar-refractivity contribution < 1.29 is 4.79 Å². The first-order chi connectivity index (χ1) is 12.8. The molecule has 0 saturated heterocycles. The van der Waals surface area contributed by atoms with Gasteiger partial charge in [-0.15, -0.1) is 0 Å². The number of benzene rings is 1. The Morgan fingerprint density at radius 1 is 1.15 bits per heavy atom. The Morgan fingerprint density at radius 3 is 2.33 bits per heavy atom. The molecule has 0 bridgehead atoms. The molecule has 7 heteroatoms. The molecular weight excluding hydrogens is 406 g/mol. The van der Waals surface area contributed by atoms with Crippen molar-refractivity contribution in [2.45, 2.75) is 33.9 Å². The predicted molar refractivity (Wildman–Crippen MR) is 109 cm³/mol. The van der Waals surface area contributed by atoms with Crippen LogP contribution in [0.15, 0.2) is 34.9 Å². The highest BCUT2D eigenvalue weighted by atomic mass is 79.9. The van der Waals surface area contributed by atoms with Gasteiger partial charge in [-0.2, -0.15) is 10.2 Å². The molecular formula is C20H24BrN5O. The van der Waals surface area contributed by atoms with Crippen LogP contribution in [0.3, 0.4) is 0 Å². The molecule has 0 spiro atoms. The van der Waals surface area contributed by atoms with E-state index in [1.165, 1.54) is 0 Å². The fraction of sp³-hybridized carbons (Fsp3) is 0.350. The Kier molecular flexibility index (Phi) is 5.51. The molecule has 142 valence electrons. The summed E-state index contributed by atoms with van der Waals surface area (Å²) in [5.41, 5.74) is 5.99. The second-order valence-electron chi connectivity index (χ2n) is 6.88. The summed E-state index contributed by atoms with van der Waals surface area (Å²) in [7, 11) is 3.72. The highest BCUT2D eigenvalue weighted by molar-refractivity contribution is 9.10. The molecule has 0 aliphatic carbocycles. The molecule has 0 atom stereocenters. The molecule has 3 aromatic rings. The topological polar surface area (TPSA) is 56.0 Å². The Balaban J connectivity index is 1.69. The Hall–Kier alpha value is -2.41. The van der Waals surface area contributed by atoms with E-state index < -0.39 is 0 Å². The van der Waals surface area contributed by atoms with E-state index in [-0.39, 0.29) is 5.91 Å². The van der Waals surface area contributed by atoms with Gasteiger partial charge in [0.25, 0.3) is 5.91 Å². The highest BCUT2D eigenvalue weighted by Crippen LogP contribution is 2.21. The second kappa shape index (κ2) is 7.68. The average molecular weight is 430 g/mol. The number of halogens is 1. The number of carbonyl (C=O) groups is 1. The van der Waals surface area contributed by atoms with E-state index in [2.05, 4.69) is 26.1 Å². The summed E-state index contributed by atoms with van der Waals surface area (Å²) in [6.07, 6.45) is 1.81. The molecule has 3 rings (SSSR count). The van der Waals surface area contributed by atoms with E-state index >= 15 is 0 Å². The normalized spacial score (nSPS) is 11.0. The van der Waals surface area contributed by atoms with Crippen molar-refractivity contribution >= 4 is 21.8 Å². The fourth-order valence-electron chi connectivity index (χ4n) is 3.00. The summed E-state index contributed by atoms with van der Waals surface area (Å²) < 4.78 is 4.83. The minimum atomic E-state index is -0.00124. The third kappa shape index (κ3) is 3.98. The lowest BCUT2D eigenvalue weighted by Crippen LogP contribution is -2.26. The van der Waals surface area contributed by atoms with E-state index in [4.69, 9.17) is 0 Å². The molecule has 2 heterocycles. The van der Waals surface area contributed by atoms with Gasteiger partial charge in [0.05, 0.1) is 28.6 Å². The molecule has 0 aliphatic rings. The summed E-state index contributed by atoms with van der Waals surface area (Å²) in [6, 6.07) is 7.73. The van der Waals surface area contributed by atoms with Crippen LogP contribution in [0.4, 0.5) is 0 Å². The van der Waals surface area contributed by atoms with E-state index in [1.54, 1.807) is 4.90 Å². The standard InChI is InChI=1S/C20H24BrN5O/c1-13-19(21)15(3)26(23-13)11-16-6-8-17(9-7-16)20(27)24(4)12-18-10-22-25(5)14(18)2/h6-10H,11-12H2,1-5H3. The zero-order chi connectivity index (χ0) is 19.7. The van der Waals surface area contributed by atoms with Crippen LogP contribution in [0.1, 0.15) is 38.6 Å². The van der Waals surface area contributed by atoms with Gasteiger partial charge >= 0.3 is 0 Å². The molecule has 6 nitrogen and oxygen atoms in total. The molecule has 0 radical (unpaired) electrons. The molecule has 27 heavy (non-hydrogen) atoms. The van der Waals surface area contributed by atoms with E-state index in [1.807, 2.05) is 74.7 Å². The van der Waals surface area contributed by atoms with Gasteiger partial charge in [0.15, 0.2) is 0 Å². The van der Waals surface area contributed by atoms with Crippen molar-refractivity contribution in [3.63, 3.8) is 0 Å². The van der Waals surface area contributed by atoms with Gasteiger partial charge < -0.3 is 4.90 Å². The number of nitrogens with zero attached hydrogens (tertiary/aromatic N) is 5. The molecule has 0 fully saturated rings. The number of aromatic nitrogens is 4. The number of hydrogen-bond acceptors (Lipinski definition) is 3. The number of carbonyl (C=O) groups excluding carboxylic acids is 1. The maximum atomic E-state index is 12.7. The van der Waals surface area contributed by atoms with Gasteiger partial charge in [-0.25, -0.2) is 0 Å². The second-order valence-corrected chi connectivity index (χ2v) is 7.67. The van der Waals surface area contributed by atoms with Gasteiger partial charge in [0.2, 0.25) is 0 Å². The number of rotatable bonds is 5. The third-order valence-corrected chi connectivity index (χ3v) is 6.07. The fourth-order valence-corrected chi connectivity index (χ4v) is 3.29. The van der Waals surface area contributed by atoms with Crippen LogP contribution in [0.5, 0.6) is 0 Å². The van der Waals surface area contributed by atoms with Gasteiger partial charge in [-0.3, -0.25) is 14.2 Å². The average Bonchev–Trinajstić information content (AvgIpc) is 3.09. The van der Waals surface area contributed by atoms with Crippen LogP contribution in [0, 0.1) is 20.8 Å². The molecule has 0 saturated carbocycles. The van der Waals surface area contributed by atoms with Crippen molar-refractivity contribution in [2.75, 3.05) is 7.05 Å². The van der Waals surface area contributed by atoms with E-state index in [9.17, 15) is 4.79 Å². The number of amides is 1. The lowest BCUT2D eigenvalue weighted by atomic mass is 10.1. The van der Waals surface area contributed by atoms with Gasteiger partial charge in [0, 0.05) is 37.5 Å². The van der Waals surface area contributed by atoms with Crippen LogP contribution in [0.2, 0.25) is 0 Å². The summed E-state index contributed by atoms with van der Waals surface area (Å²) in [4.78, 5) is 14.4. The van der Waals surface area contributed by atoms with Crippen LogP contribution in [-0.2, 0) is 20.1 Å². The highest BCUT2D eigenvalue weighted by Gasteiger charge is 2.15. The number of hydrogen-bond donors (Lipinski definition) is 0. The lowest BCUT2D eigenvalue weighted by Gasteiger charge is -2.17. The largest absolute Gasteiger partial charge is 0.337 e. The minimum absolute atomic E-state index is 0.00124.